The highest BCUT2D eigenvalue weighted by atomic mass is 16.5. The summed E-state index contributed by atoms with van der Waals surface area (Å²) in [7, 11) is 1.27. The molecule has 0 radical (unpaired) electrons. The maximum absolute atomic E-state index is 12.0. The van der Waals surface area contributed by atoms with Gasteiger partial charge in [-0.1, -0.05) is 19.3 Å². The van der Waals surface area contributed by atoms with Gasteiger partial charge in [-0.15, -0.1) is 0 Å². The molecule has 22 heavy (non-hydrogen) atoms. The summed E-state index contributed by atoms with van der Waals surface area (Å²) in [5, 5.41) is 2.88. The van der Waals surface area contributed by atoms with Gasteiger partial charge in [-0.05, 0) is 24.8 Å². The Morgan fingerprint density at radius 1 is 1.27 bits per heavy atom. The van der Waals surface area contributed by atoms with E-state index in [-0.39, 0.29) is 23.6 Å². The van der Waals surface area contributed by atoms with Crippen molar-refractivity contribution in [3.8, 4) is 0 Å². The predicted molar refractivity (Wildman–Crippen MR) is 81.6 cm³/mol. The molecule has 0 atom stereocenters. The number of rotatable bonds is 5. The van der Waals surface area contributed by atoms with Gasteiger partial charge < -0.3 is 14.6 Å². The summed E-state index contributed by atoms with van der Waals surface area (Å²) in [5.41, 5.74) is -0.0670. The Hall–Kier alpha value is -2.11. The predicted octanol–water partition coefficient (Wildman–Crippen LogP) is 1.33. The zero-order valence-electron chi connectivity index (χ0n) is 12.8. The van der Waals surface area contributed by atoms with Crippen molar-refractivity contribution in [3.05, 3.63) is 34.2 Å². The van der Waals surface area contributed by atoms with Crippen molar-refractivity contribution in [2.75, 3.05) is 13.7 Å². The first kappa shape index (κ1) is 16.3. The zero-order chi connectivity index (χ0) is 15.9. The largest absolute Gasteiger partial charge is 0.465 e. The first-order valence-electron chi connectivity index (χ1n) is 7.65. The molecule has 1 aliphatic carbocycles. The molecule has 0 unspecified atom stereocenters. The number of carbonyl (C=O) groups is 2. The van der Waals surface area contributed by atoms with Crippen LogP contribution in [0.25, 0.3) is 0 Å². The molecule has 1 fully saturated rings. The van der Waals surface area contributed by atoms with Crippen LogP contribution in [0, 0.1) is 5.92 Å². The molecular weight excluding hydrogens is 284 g/mol. The van der Waals surface area contributed by atoms with Crippen LogP contribution >= 0.6 is 0 Å². The van der Waals surface area contributed by atoms with Crippen molar-refractivity contribution in [2.45, 2.75) is 38.6 Å². The number of amides is 1. The van der Waals surface area contributed by atoms with Crippen LogP contribution in [0.15, 0.2) is 23.1 Å². The maximum atomic E-state index is 12.0. The topological polar surface area (TPSA) is 77.4 Å². The average Bonchev–Trinajstić information content (AvgIpc) is 2.55. The molecular formula is C16H22N2O4. The maximum Gasteiger partial charge on any atom is 0.339 e. The van der Waals surface area contributed by atoms with E-state index in [2.05, 4.69) is 10.1 Å². The van der Waals surface area contributed by atoms with Gasteiger partial charge in [-0.25, -0.2) is 4.79 Å². The van der Waals surface area contributed by atoms with Gasteiger partial charge in [-0.3, -0.25) is 9.59 Å². The summed E-state index contributed by atoms with van der Waals surface area (Å²) in [6, 6.07) is 2.66. The number of methoxy groups -OCH3 is 1. The lowest BCUT2D eigenvalue weighted by atomic mass is 9.89. The number of hydrogen-bond acceptors (Lipinski definition) is 4. The van der Waals surface area contributed by atoms with Crippen LogP contribution in [0.3, 0.4) is 0 Å². The minimum atomic E-state index is -0.531. The fourth-order valence-electron chi connectivity index (χ4n) is 2.75. The first-order valence-corrected chi connectivity index (χ1v) is 7.65. The third kappa shape index (κ3) is 4.44. The van der Waals surface area contributed by atoms with E-state index in [0.29, 0.717) is 12.5 Å². The van der Waals surface area contributed by atoms with E-state index >= 15 is 0 Å². The molecule has 1 amide bonds. The molecule has 120 valence electrons. The molecule has 0 saturated heterocycles. The lowest BCUT2D eigenvalue weighted by Crippen LogP contribution is -2.35. The average molecular weight is 306 g/mol. The normalized spacial score (nSPS) is 15.3. The molecule has 6 nitrogen and oxygen atoms in total. The highest BCUT2D eigenvalue weighted by molar-refractivity contribution is 5.88. The van der Waals surface area contributed by atoms with Crippen molar-refractivity contribution < 1.29 is 14.3 Å². The van der Waals surface area contributed by atoms with E-state index in [1.165, 1.54) is 49.3 Å². The van der Waals surface area contributed by atoms with E-state index in [4.69, 9.17) is 0 Å². The van der Waals surface area contributed by atoms with Crippen molar-refractivity contribution in [1.29, 1.82) is 0 Å². The Bertz CT molecular complexity index is 588. The molecule has 1 saturated carbocycles. The van der Waals surface area contributed by atoms with Crippen LogP contribution in [0.2, 0.25) is 0 Å². The fourth-order valence-corrected chi connectivity index (χ4v) is 2.75. The van der Waals surface area contributed by atoms with Crippen molar-refractivity contribution >= 4 is 11.9 Å². The van der Waals surface area contributed by atoms with E-state index < -0.39 is 5.97 Å². The second-order valence-corrected chi connectivity index (χ2v) is 5.68. The molecule has 1 heterocycles. The molecule has 6 heteroatoms. The molecule has 1 aliphatic rings. The van der Waals surface area contributed by atoms with E-state index in [9.17, 15) is 14.4 Å². The SMILES string of the molecule is COC(=O)c1ccc(=O)n(CC(=O)NCC2CCCCC2)c1. The van der Waals surface area contributed by atoms with Gasteiger partial charge in [0.1, 0.15) is 6.54 Å². The van der Waals surface area contributed by atoms with Crippen molar-refractivity contribution in [2.24, 2.45) is 5.92 Å². The molecule has 1 aromatic heterocycles. The summed E-state index contributed by atoms with van der Waals surface area (Å²) in [4.78, 5) is 35.2. The Labute approximate surface area is 129 Å². The van der Waals surface area contributed by atoms with E-state index in [0.717, 1.165) is 12.8 Å². The monoisotopic (exact) mass is 306 g/mol. The second kappa shape index (κ2) is 7.77. The number of nitrogens with zero attached hydrogens (tertiary/aromatic N) is 1. The summed E-state index contributed by atoms with van der Waals surface area (Å²) < 4.78 is 5.83. The molecule has 0 spiro atoms. The lowest BCUT2D eigenvalue weighted by Gasteiger charge is -2.21. The van der Waals surface area contributed by atoms with Crippen LogP contribution in [0.1, 0.15) is 42.5 Å². The number of nitrogens with one attached hydrogen (secondary N) is 1. The summed E-state index contributed by atoms with van der Waals surface area (Å²) in [5.74, 6) is -0.207. The molecule has 2 rings (SSSR count). The van der Waals surface area contributed by atoms with Gasteiger partial charge in [0.15, 0.2) is 0 Å². The van der Waals surface area contributed by atoms with Crippen LogP contribution < -0.4 is 10.9 Å². The summed E-state index contributed by atoms with van der Waals surface area (Å²) >= 11 is 0. The van der Waals surface area contributed by atoms with E-state index in [1.54, 1.807) is 0 Å². The van der Waals surface area contributed by atoms with Crippen LogP contribution in [-0.4, -0.2) is 30.1 Å². The van der Waals surface area contributed by atoms with Gasteiger partial charge in [0.2, 0.25) is 5.91 Å². The number of hydrogen-bond donors (Lipinski definition) is 1. The smallest absolute Gasteiger partial charge is 0.339 e. The Balaban J connectivity index is 1.92. The number of esters is 1. The Morgan fingerprint density at radius 2 is 2.00 bits per heavy atom. The van der Waals surface area contributed by atoms with Crippen LogP contribution in [0.5, 0.6) is 0 Å². The molecule has 0 aliphatic heterocycles. The first-order chi connectivity index (χ1) is 10.6. The van der Waals surface area contributed by atoms with Gasteiger partial charge in [0.05, 0.1) is 12.7 Å². The molecule has 1 N–H and O–H groups in total. The van der Waals surface area contributed by atoms with Gasteiger partial charge in [0, 0.05) is 18.8 Å². The molecule has 0 aromatic carbocycles. The standard InChI is InChI=1S/C16H22N2O4/c1-22-16(21)13-7-8-15(20)18(10-13)11-14(19)17-9-12-5-3-2-4-6-12/h7-8,10,12H,2-6,9,11H2,1H3,(H,17,19). The van der Waals surface area contributed by atoms with Crippen LogP contribution in [0.4, 0.5) is 0 Å². The van der Waals surface area contributed by atoms with Gasteiger partial charge in [0.25, 0.3) is 5.56 Å². The molecule has 0 bridgehead atoms. The zero-order valence-corrected chi connectivity index (χ0v) is 12.8. The Kier molecular flexibility index (Phi) is 5.75. The summed E-state index contributed by atoms with van der Waals surface area (Å²) in [6.45, 7) is 0.570. The van der Waals surface area contributed by atoms with Gasteiger partial charge in [-0.2, -0.15) is 0 Å². The minimum absolute atomic E-state index is 0.0869. The van der Waals surface area contributed by atoms with Crippen molar-refractivity contribution in [1.82, 2.24) is 9.88 Å². The number of carbonyl (C=O) groups excluding carboxylic acids is 2. The van der Waals surface area contributed by atoms with Crippen LogP contribution in [-0.2, 0) is 16.1 Å². The molecule has 1 aromatic rings. The second-order valence-electron chi connectivity index (χ2n) is 5.68. The lowest BCUT2D eigenvalue weighted by molar-refractivity contribution is -0.121. The highest BCUT2D eigenvalue weighted by Gasteiger charge is 2.15. The highest BCUT2D eigenvalue weighted by Crippen LogP contribution is 2.22. The minimum Gasteiger partial charge on any atom is -0.465 e. The number of aromatic nitrogens is 1. The Morgan fingerprint density at radius 3 is 2.68 bits per heavy atom. The summed E-state index contributed by atoms with van der Waals surface area (Å²) in [6.07, 6.45) is 7.38. The number of pyridine rings is 1. The fraction of sp³-hybridized carbons (Fsp3) is 0.562. The quantitative estimate of drug-likeness (QED) is 0.833. The third-order valence-electron chi connectivity index (χ3n) is 4.03. The van der Waals surface area contributed by atoms with Gasteiger partial charge >= 0.3 is 5.97 Å². The third-order valence-corrected chi connectivity index (χ3v) is 4.03. The number of ether oxygens (including phenoxy) is 1. The van der Waals surface area contributed by atoms with E-state index in [1.807, 2.05) is 0 Å². The van der Waals surface area contributed by atoms with Crippen molar-refractivity contribution in [3.63, 3.8) is 0 Å².